The number of non-ortho nitro benzene ring substituents is 1. The van der Waals surface area contributed by atoms with Crippen LogP contribution in [-0.2, 0) is 0 Å². The first-order valence-corrected chi connectivity index (χ1v) is 6.58. The highest BCUT2D eigenvalue weighted by atomic mass is 35.5. The van der Waals surface area contributed by atoms with E-state index in [1.807, 2.05) is 0 Å². The predicted octanol–water partition coefficient (Wildman–Crippen LogP) is 3.68. The lowest BCUT2D eigenvalue weighted by molar-refractivity contribution is -0.394. The fourth-order valence-electron chi connectivity index (χ4n) is 1.80. The van der Waals surface area contributed by atoms with Crippen molar-refractivity contribution in [1.29, 1.82) is 0 Å². The standard InChI is InChI=1S/C14H9ClN2O6/c1-8-2-5-11(15)13(6-8)23-14(18)10-4-3-9(16(19)20)7-12(10)17(21)22/h2-7H,1H3. The Kier molecular flexibility index (Phi) is 4.56. The number of nitro benzene ring substituents is 2. The number of hydrogen-bond acceptors (Lipinski definition) is 6. The van der Waals surface area contributed by atoms with Crippen LogP contribution in [0.4, 0.5) is 11.4 Å². The summed E-state index contributed by atoms with van der Waals surface area (Å²) in [6.07, 6.45) is 0. The van der Waals surface area contributed by atoms with Crippen molar-refractivity contribution in [3.05, 3.63) is 72.8 Å². The van der Waals surface area contributed by atoms with E-state index in [2.05, 4.69) is 0 Å². The molecule has 2 aromatic rings. The van der Waals surface area contributed by atoms with Crippen molar-refractivity contribution in [3.8, 4) is 5.75 Å². The second kappa shape index (κ2) is 6.41. The summed E-state index contributed by atoms with van der Waals surface area (Å²) >= 11 is 5.90. The van der Waals surface area contributed by atoms with E-state index >= 15 is 0 Å². The Morgan fingerprint density at radius 1 is 1.09 bits per heavy atom. The highest BCUT2D eigenvalue weighted by molar-refractivity contribution is 6.32. The third-order valence-electron chi connectivity index (χ3n) is 2.90. The van der Waals surface area contributed by atoms with Gasteiger partial charge in [-0.15, -0.1) is 0 Å². The van der Waals surface area contributed by atoms with E-state index in [9.17, 15) is 25.0 Å². The highest BCUT2D eigenvalue weighted by Gasteiger charge is 2.26. The minimum absolute atomic E-state index is 0.0457. The Morgan fingerprint density at radius 2 is 1.78 bits per heavy atom. The van der Waals surface area contributed by atoms with Crippen LogP contribution < -0.4 is 4.74 Å². The molecule has 2 aromatic carbocycles. The number of benzene rings is 2. The van der Waals surface area contributed by atoms with Crippen LogP contribution in [0.5, 0.6) is 5.75 Å². The van der Waals surface area contributed by atoms with Crippen LogP contribution in [0.1, 0.15) is 15.9 Å². The zero-order chi connectivity index (χ0) is 17.1. The van der Waals surface area contributed by atoms with E-state index < -0.39 is 32.8 Å². The minimum Gasteiger partial charge on any atom is -0.421 e. The number of aryl methyl sites for hydroxylation is 1. The lowest BCUT2D eigenvalue weighted by atomic mass is 10.1. The first-order chi connectivity index (χ1) is 10.8. The Morgan fingerprint density at radius 3 is 2.39 bits per heavy atom. The molecule has 0 fully saturated rings. The Labute approximate surface area is 134 Å². The molecule has 0 N–H and O–H groups in total. The van der Waals surface area contributed by atoms with Gasteiger partial charge in [0, 0.05) is 6.07 Å². The number of carbonyl (C=O) groups is 1. The lowest BCUT2D eigenvalue weighted by Gasteiger charge is -2.07. The average Bonchev–Trinajstić information content (AvgIpc) is 2.50. The monoisotopic (exact) mass is 336 g/mol. The lowest BCUT2D eigenvalue weighted by Crippen LogP contribution is -2.11. The van der Waals surface area contributed by atoms with Crippen molar-refractivity contribution in [2.45, 2.75) is 6.92 Å². The van der Waals surface area contributed by atoms with Gasteiger partial charge in [0.25, 0.3) is 11.4 Å². The summed E-state index contributed by atoms with van der Waals surface area (Å²) in [6, 6.07) is 7.38. The first-order valence-electron chi connectivity index (χ1n) is 6.20. The molecular formula is C14H9ClN2O6. The molecule has 0 radical (unpaired) electrons. The molecule has 0 aliphatic carbocycles. The van der Waals surface area contributed by atoms with Gasteiger partial charge in [-0.05, 0) is 30.7 Å². The second-order valence-corrected chi connectivity index (χ2v) is 4.95. The SMILES string of the molecule is Cc1ccc(Cl)c(OC(=O)c2ccc([N+](=O)[O-])cc2[N+](=O)[O-])c1. The van der Waals surface area contributed by atoms with Gasteiger partial charge in [0.15, 0.2) is 0 Å². The molecule has 0 atom stereocenters. The maximum Gasteiger partial charge on any atom is 0.350 e. The molecule has 0 aliphatic rings. The summed E-state index contributed by atoms with van der Waals surface area (Å²) in [6.45, 7) is 1.75. The number of ether oxygens (including phenoxy) is 1. The van der Waals surface area contributed by atoms with Gasteiger partial charge in [-0.2, -0.15) is 0 Å². The largest absolute Gasteiger partial charge is 0.421 e. The number of nitro groups is 2. The van der Waals surface area contributed by atoms with E-state index in [0.29, 0.717) is 6.07 Å². The number of hydrogen-bond donors (Lipinski definition) is 0. The van der Waals surface area contributed by atoms with Crippen LogP contribution >= 0.6 is 11.6 Å². The summed E-state index contributed by atoms with van der Waals surface area (Å²) in [7, 11) is 0. The number of rotatable bonds is 4. The van der Waals surface area contributed by atoms with Gasteiger partial charge in [0.05, 0.1) is 20.9 Å². The number of esters is 1. The molecule has 0 saturated heterocycles. The predicted molar refractivity (Wildman–Crippen MR) is 80.9 cm³/mol. The van der Waals surface area contributed by atoms with E-state index in [4.69, 9.17) is 16.3 Å². The van der Waals surface area contributed by atoms with Gasteiger partial charge in [0.2, 0.25) is 0 Å². The van der Waals surface area contributed by atoms with E-state index in [0.717, 1.165) is 17.7 Å². The molecule has 0 aromatic heterocycles. The highest BCUT2D eigenvalue weighted by Crippen LogP contribution is 2.29. The summed E-state index contributed by atoms with van der Waals surface area (Å²) in [5.41, 5.74) is -0.844. The van der Waals surface area contributed by atoms with Crippen LogP contribution in [0.3, 0.4) is 0 Å². The number of nitrogens with zero attached hydrogens (tertiary/aromatic N) is 2. The maximum atomic E-state index is 12.1. The molecule has 2 rings (SSSR count). The van der Waals surface area contributed by atoms with Crippen molar-refractivity contribution >= 4 is 28.9 Å². The fraction of sp³-hybridized carbons (Fsp3) is 0.0714. The van der Waals surface area contributed by atoms with Crippen molar-refractivity contribution in [2.75, 3.05) is 0 Å². The Hall–Kier alpha value is -3.00. The zero-order valence-electron chi connectivity index (χ0n) is 11.7. The van der Waals surface area contributed by atoms with Crippen LogP contribution in [0.15, 0.2) is 36.4 Å². The Balaban J connectivity index is 2.41. The van der Waals surface area contributed by atoms with Crippen LogP contribution in [0, 0.1) is 27.2 Å². The zero-order valence-corrected chi connectivity index (χ0v) is 12.4. The van der Waals surface area contributed by atoms with Gasteiger partial charge in [-0.3, -0.25) is 20.2 Å². The molecule has 0 amide bonds. The normalized spacial score (nSPS) is 10.2. The molecular weight excluding hydrogens is 328 g/mol. The van der Waals surface area contributed by atoms with E-state index in [-0.39, 0.29) is 10.8 Å². The van der Waals surface area contributed by atoms with Crippen LogP contribution in [0.25, 0.3) is 0 Å². The van der Waals surface area contributed by atoms with Crippen LogP contribution in [0.2, 0.25) is 5.02 Å². The van der Waals surface area contributed by atoms with Crippen molar-refractivity contribution in [2.24, 2.45) is 0 Å². The van der Waals surface area contributed by atoms with Gasteiger partial charge < -0.3 is 4.74 Å². The topological polar surface area (TPSA) is 113 Å². The molecule has 0 bridgehead atoms. The van der Waals surface area contributed by atoms with Gasteiger partial charge >= 0.3 is 5.97 Å². The fourth-order valence-corrected chi connectivity index (χ4v) is 1.96. The first kappa shape index (κ1) is 16.4. The van der Waals surface area contributed by atoms with E-state index in [1.54, 1.807) is 13.0 Å². The smallest absolute Gasteiger partial charge is 0.350 e. The minimum atomic E-state index is -1.03. The molecule has 0 aliphatic heterocycles. The van der Waals surface area contributed by atoms with Gasteiger partial charge in [-0.25, -0.2) is 4.79 Å². The van der Waals surface area contributed by atoms with Gasteiger partial charge in [-0.1, -0.05) is 17.7 Å². The third-order valence-corrected chi connectivity index (χ3v) is 3.21. The molecule has 8 nitrogen and oxygen atoms in total. The third kappa shape index (κ3) is 3.61. The second-order valence-electron chi connectivity index (χ2n) is 4.54. The number of halogens is 1. The summed E-state index contributed by atoms with van der Waals surface area (Å²) in [5.74, 6) is -0.983. The molecule has 0 spiro atoms. The van der Waals surface area contributed by atoms with Gasteiger partial charge in [0.1, 0.15) is 11.3 Å². The maximum absolute atomic E-state index is 12.1. The van der Waals surface area contributed by atoms with Crippen molar-refractivity contribution in [3.63, 3.8) is 0 Å². The molecule has 118 valence electrons. The average molecular weight is 337 g/mol. The summed E-state index contributed by atoms with van der Waals surface area (Å²) in [4.78, 5) is 32.2. The number of carbonyl (C=O) groups excluding carboxylic acids is 1. The summed E-state index contributed by atoms with van der Waals surface area (Å²) in [5, 5.41) is 21.9. The van der Waals surface area contributed by atoms with Crippen molar-refractivity contribution in [1.82, 2.24) is 0 Å². The quantitative estimate of drug-likeness (QED) is 0.364. The Bertz CT molecular complexity index is 821. The molecule has 23 heavy (non-hydrogen) atoms. The molecule has 0 unspecified atom stereocenters. The molecule has 9 heteroatoms. The van der Waals surface area contributed by atoms with E-state index in [1.165, 1.54) is 12.1 Å². The molecule has 0 saturated carbocycles. The summed E-state index contributed by atoms with van der Waals surface area (Å²) < 4.78 is 5.06. The van der Waals surface area contributed by atoms with Crippen molar-refractivity contribution < 1.29 is 19.4 Å². The molecule has 0 heterocycles. The van der Waals surface area contributed by atoms with Crippen LogP contribution in [-0.4, -0.2) is 15.8 Å².